The van der Waals surface area contributed by atoms with Gasteiger partial charge in [-0.25, -0.2) is 0 Å². The molecule has 132 valence electrons. The number of amides is 2. The van der Waals surface area contributed by atoms with Gasteiger partial charge >= 0.3 is 0 Å². The minimum absolute atomic E-state index is 0.239. The van der Waals surface area contributed by atoms with Gasteiger partial charge in [-0.15, -0.1) is 0 Å². The molecule has 0 fully saturated rings. The van der Waals surface area contributed by atoms with Crippen molar-refractivity contribution in [3.8, 4) is 0 Å². The Balaban J connectivity index is 2.06. The molecule has 0 bridgehead atoms. The molecule has 5 heteroatoms. The summed E-state index contributed by atoms with van der Waals surface area (Å²) in [7, 11) is 0. The van der Waals surface area contributed by atoms with Crippen LogP contribution in [0.4, 0.5) is 5.69 Å². The van der Waals surface area contributed by atoms with Crippen molar-refractivity contribution in [2.45, 2.75) is 33.6 Å². The third-order valence-corrected chi connectivity index (χ3v) is 3.76. The van der Waals surface area contributed by atoms with Crippen LogP contribution in [0.5, 0.6) is 0 Å². The highest BCUT2D eigenvalue weighted by molar-refractivity contribution is 6.05. The molecule has 0 aliphatic rings. The smallest absolute Gasteiger partial charge is 0.269 e. The first kappa shape index (κ1) is 18.6. The fraction of sp³-hybridized carbons (Fsp3) is 0.350. The van der Waals surface area contributed by atoms with Gasteiger partial charge in [0, 0.05) is 24.0 Å². The third-order valence-electron chi connectivity index (χ3n) is 3.76. The number of rotatable bonds is 6. The summed E-state index contributed by atoms with van der Waals surface area (Å²) in [5, 5.41) is 5.64. The minimum Gasteiger partial charge on any atom is -0.350 e. The fourth-order valence-electron chi connectivity index (χ4n) is 2.24. The van der Waals surface area contributed by atoms with Crippen molar-refractivity contribution >= 4 is 17.5 Å². The number of pyridine rings is 1. The maximum Gasteiger partial charge on any atom is 0.269 e. The summed E-state index contributed by atoms with van der Waals surface area (Å²) in [6.07, 6.45) is 1.47. The lowest BCUT2D eigenvalue weighted by atomic mass is 10.0. The lowest BCUT2D eigenvalue weighted by Crippen LogP contribution is -2.28. The van der Waals surface area contributed by atoms with E-state index in [0.29, 0.717) is 23.9 Å². The summed E-state index contributed by atoms with van der Waals surface area (Å²) in [6.45, 7) is 8.84. The van der Waals surface area contributed by atoms with E-state index in [2.05, 4.69) is 29.5 Å². The summed E-state index contributed by atoms with van der Waals surface area (Å²) in [5.41, 5.74) is 2.57. The van der Waals surface area contributed by atoms with Crippen LogP contribution >= 0.6 is 0 Å². The van der Waals surface area contributed by atoms with Gasteiger partial charge in [-0.1, -0.05) is 39.8 Å². The van der Waals surface area contributed by atoms with Gasteiger partial charge in [-0.05, 0) is 41.7 Å². The zero-order valence-electron chi connectivity index (χ0n) is 15.2. The second-order valence-electron chi connectivity index (χ2n) is 6.76. The summed E-state index contributed by atoms with van der Waals surface area (Å²) >= 11 is 0. The number of hydrogen-bond acceptors (Lipinski definition) is 3. The number of benzene rings is 1. The molecule has 2 rings (SSSR count). The molecule has 2 N–H and O–H groups in total. The summed E-state index contributed by atoms with van der Waals surface area (Å²) in [4.78, 5) is 28.5. The van der Waals surface area contributed by atoms with Crippen LogP contribution in [0.1, 0.15) is 60.0 Å². The van der Waals surface area contributed by atoms with E-state index in [9.17, 15) is 9.59 Å². The first-order valence-electron chi connectivity index (χ1n) is 8.52. The van der Waals surface area contributed by atoms with Gasteiger partial charge in [0.05, 0.1) is 0 Å². The van der Waals surface area contributed by atoms with Crippen molar-refractivity contribution in [2.75, 3.05) is 11.9 Å². The first-order chi connectivity index (χ1) is 11.9. The highest BCUT2D eigenvalue weighted by Crippen LogP contribution is 2.17. The Labute approximate surface area is 148 Å². The molecule has 1 aromatic carbocycles. The highest BCUT2D eigenvalue weighted by Gasteiger charge is 2.12. The Morgan fingerprint density at radius 2 is 1.68 bits per heavy atom. The van der Waals surface area contributed by atoms with Crippen LogP contribution in [0, 0.1) is 5.92 Å². The molecule has 0 radical (unpaired) electrons. The molecule has 0 spiro atoms. The highest BCUT2D eigenvalue weighted by atomic mass is 16.2. The molecule has 5 nitrogen and oxygen atoms in total. The van der Waals surface area contributed by atoms with Gasteiger partial charge < -0.3 is 10.6 Å². The zero-order valence-corrected chi connectivity index (χ0v) is 15.2. The van der Waals surface area contributed by atoms with E-state index in [1.165, 1.54) is 17.8 Å². The number of anilines is 1. The quantitative estimate of drug-likeness (QED) is 0.840. The number of carbonyl (C=O) groups excluding carboxylic acids is 2. The average Bonchev–Trinajstić information content (AvgIpc) is 2.60. The molecule has 1 heterocycles. The normalized spacial score (nSPS) is 10.8. The standard InChI is InChI=1S/C20H25N3O2/c1-13(2)12-22-20(25)18-11-16(9-10-21-18)19(24)23-17-7-5-15(6-8-17)14(3)4/h5-11,13-14H,12H2,1-4H3,(H,22,25)(H,23,24). The van der Waals surface area contributed by atoms with Crippen molar-refractivity contribution in [1.29, 1.82) is 0 Å². The number of carbonyl (C=O) groups is 2. The molecule has 0 saturated carbocycles. The largest absolute Gasteiger partial charge is 0.350 e. The summed E-state index contributed by atoms with van der Waals surface area (Å²) in [6, 6.07) is 10.9. The van der Waals surface area contributed by atoms with Crippen molar-refractivity contribution < 1.29 is 9.59 Å². The van der Waals surface area contributed by atoms with E-state index < -0.39 is 0 Å². The zero-order chi connectivity index (χ0) is 18.4. The molecule has 0 aliphatic heterocycles. The lowest BCUT2D eigenvalue weighted by Gasteiger charge is -2.10. The van der Waals surface area contributed by atoms with E-state index in [0.717, 1.165) is 5.69 Å². The van der Waals surface area contributed by atoms with Crippen LogP contribution in [0.25, 0.3) is 0 Å². The number of hydrogen-bond donors (Lipinski definition) is 2. The van der Waals surface area contributed by atoms with Gasteiger partial charge in [-0.2, -0.15) is 0 Å². The first-order valence-corrected chi connectivity index (χ1v) is 8.52. The van der Waals surface area contributed by atoms with Crippen molar-refractivity contribution in [3.05, 3.63) is 59.4 Å². The molecule has 25 heavy (non-hydrogen) atoms. The number of nitrogens with one attached hydrogen (secondary N) is 2. The van der Waals surface area contributed by atoms with E-state index in [-0.39, 0.29) is 17.5 Å². The van der Waals surface area contributed by atoms with Crippen LogP contribution in [0.3, 0.4) is 0 Å². The molecule has 1 aromatic heterocycles. The number of aromatic nitrogens is 1. The van der Waals surface area contributed by atoms with Crippen LogP contribution in [0.15, 0.2) is 42.6 Å². The second-order valence-corrected chi connectivity index (χ2v) is 6.76. The third kappa shape index (κ3) is 5.41. The predicted octanol–water partition coefficient (Wildman–Crippen LogP) is 3.84. The predicted molar refractivity (Wildman–Crippen MR) is 99.9 cm³/mol. The van der Waals surface area contributed by atoms with Crippen LogP contribution in [-0.2, 0) is 0 Å². The van der Waals surface area contributed by atoms with Gasteiger partial charge in [0.1, 0.15) is 5.69 Å². The molecule has 2 amide bonds. The van der Waals surface area contributed by atoms with Crippen LogP contribution in [-0.4, -0.2) is 23.3 Å². The van der Waals surface area contributed by atoms with Gasteiger partial charge in [0.15, 0.2) is 0 Å². The van der Waals surface area contributed by atoms with Gasteiger partial charge in [0.25, 0.3) is 11.8 Å². The van der Waals surface area contributed by atoms with Gasteiger partial charge in [0.2, 0.25) is 0 Å². The Kier molecular flexibility index (Phi) is 6.28. The van der Waals surface area contributed by atoms with E-state index in [1.807, 2.05) is 38.1 Å². The van der Waals surface area contributed by atoms with E-state index in [1.54, 1.807) is 6.07 Å². The molecule has 2 aromatic rings. The Morgan fingerprint density at radius 1 is 1.00 bits per heavy atom. The fourth-order valence-corrected chi connectivity index (χ4v) is 2.24. The topological polar surface area (TPSA) is 71.1 Å². The summed E-state index contributed by atoms with van der Waals surface area (Å²) in [5.74, 6) is 0.253. The molecular formula is C20H25N3O2. The molecule has 0 atom stereocenters. The van der Waals surface area contributed by atoms with Crippen molar-refractivity contribution in [3.63, 3.8) is 0 Å². The lowest BCUT2D eigenvalue weighted by molar-refractivity contribution is 0.0944. The van der Waals surface area contributed by atoms with Crippen LogP contribution in [0.2, 0.25) is 0 Å². The SMILES string of the molecule is CC(C)CNC(=O)c1cc(C(=O)Nc2ccc(C(C)C)cc2)ccn1. The molecule has 0 aliphatic carbocycles. The second kappa shape index (κ2) is 8.42. The summed E-state index contributed by atoms with van der Waals surface area (Å²) < 4.78 is 0. The maximum atomic E-state index is 12.4. The Morgan fingerprint density at radius 3 is 2.28 bits per heavy atom. The van der Waals surface area contributed by atoms with Gasteiger partial charge in [-0.3, -0.25) is 14.6 Å². The average molecular weight is 339 g/mol. The minimum atomic E-state index is -0.273. The van der Waals surface area contributed by atoms with Crippen LogP contribution < -0.4 is 10.6 Å². The number of nitrogens with zero attached hydrogens (tertiary/aromatic N) is 1. The van der Waals surface area contributed by atoms with Crippen molar-refractivity contribution in [1.82, 2.24) is 10.3 Å². The Hall–Kier alpha value is -2.69. The van der Waals surface area contributed by atoms with E-state index >= 15 is 0 Å². The molecule has 0 saturated heterocycles. The maximum absolute atomic E-state index is 12.4. The molecule has 0 unspecified atom stereocenters. The molecular weight excluding hydrogens is 314 g/mol. The van der Waals surface area contributed by atoms with Crippen molar-refractivity contribution in [2.24, 2.45) is 5.92 Å². The van der Waals surface area contributed by atoms with E-state index in [4.69, 9.17) is 0 Å². The monoisotopic (exact) mass is 339 g/mol. The Bertz CT molecular complexity index is 737.